The number of amidine groups is 1. The molecule has 1 amide bonds. The van der Waals surface area contributed by atoms with Gasteiger partial charge in [0.2, 0.25) is 0 Å². The maximum Gasteiger partial charge on any atom is 0.283 e. The third-order valence-electron chi connectivity index (χ3n) is 5.17. The summed E-state index contributed by atoms with van der Waals surface area (Å²) < 4.78 is 31.0. The Bertz CT molecular complexity index is 1090. The second-order valence-electron chi connectivity index (χ2n) is 9.18. The van der Waals surface area contributed by atoms with Crippen LogP contribution in [0.4, 0.5) is 5.69 Å². The molecule has 1 aromatic heterocycles. The molecule has 2 aromatic rings. The zero-order valence-corrected chi connectivity index (χ0v) is 19.8. The number of benzene rings is 1. The van der Waals surface area contributed by atoms with E-state index in [2.05, 4.69) is 28.7 Å². The number of nitrogens with one attached hydrogen (secondary N) is 1. The molecule has 168 valence electrons. The summed E-state index contributed by atoms with van der Waals surface area (Å²) in [6.45, 7) is 11.1. The Kier molecular flexibility index (Phi) is 6.27. The molecule has 1 aliphatic heterocycles. The lowest BCUT2D eigenvalue weighted by Gasteiger charge is -2.23. The molecule has 0 unspecified atom stereocenters. The molecule has 0 radical (unpaired) electrons. The Morgan fingerprint density at radius 1 is 1.19 bits per heavy atom. The van der Waals surface area contributed by atoms with Crippen LogP contribution in [0, 0.1) is 0 Å². The van der Waals surface area contributed by atoms with Gasteiger partial charge in [0.05, 0.1) is 10.4 Å². The molecule has 0 aliphatic carbocycles. The number of nitrogens with zero attached hydrogens (tertiary/aromatic N) is 4. The molecule has 31 heavy (non-hydrogen) atoms. The van der Waals surface area contributed by atoms with Crippen LogP contribution in [0.3, 0.4) is 0 Å². The predicted octanol–water partition coefficient (Wildman–Crippen LogP) is 3.83. The van der Waals surface area contributed by atoms with Gasteiger partial charge in [0.25, 0.3) is 15.9 Å². The first-order valence-electron chi connectivity index (χ1n) is 10.5. The number of carbonyl (C=O) groups excluding carboxylic acids is 1. The second kappa shape index (κ2) is 8.45. The molecule has 1 aliphatic rings. The summed E-state index contributed by atoms with van der Waals surface area (Å²) in [5.74, 6) is 0.458. The van der Waals surface area contributed by atoms with Gasteiger partial charge < -0.3 is 10.2 Å². The largest absolute Gasteiger partial charge is 0.362 e. The molecule has 0 saturated carbocycles. The van der Waals surface area contributed by atoms with Gasteiger partial charge in [0.1, 0.15) is 5.84 Å². The highest BCUT2D eigenvalue weighted by atomic mass is 32.2. The zero-order valence-electron chi connectivity index (χ0n) is 19.0. The third-order valence-corrected chi connectivity index (χ3v) is 6.49. The van der Waals surface area contributed by atoms with E-state index >= 15 is 0 Å². The van der Waals surface area contributed by atoms with Crippen molar-refractivity contribution in [3.8, 4) is 0 Å². The lowest BCUT2D eigenvalue weighted by atomic mass is 10.1. The minimum Gasteiger partial charge on any atom is -0.362 e. The van der Waals surface area contributed by atoms with Crippen LogP contribution in [-0.4, -0.2) is 48.4 Å². The summed E-state index contributed by atoms with van der Waals surface area (Å²) in [4.78, 5) is 14.7. The van der Waals surface area contributed by atoms with Crippen molar-refractivity contribution < 1.29 is 13.2 Å². The summed E-state index contributed by atoms with van der Waals surface area (Å²) in [5.41, 5.74) is 1.55. The molecule has 2 heterocycles. The summed E-state index contributed by atoms with van der Waals surface area (Å²) in [7, 11) is -1.95. The van der Waals surface area contributed by atoms with E-state index in [4.69, 9.17) is 0 Å². The van der Waals surface area contributed by atoms with Crippen molar-refractivity contribution in [2.24, 2.45) is 4.40 Å². The van der Waals surface area contributed by atoms with E-state index in [-0.39, 0.29) is 22.3 Å². The Labute approximate surface area is 184 Å². The number of sulfonamides is 1. The number of aromatic nitrogens is 2. The number of hydrogen-bond donors (Lipinski definition) is 1. The second-order valence-corrected chi connectivity index (χ2v) is 10.8. The Morgan fingerprint density at radius 2 is 1.84 bits per heavy atom. The maximum atomic E-state index is 12.7. The summed E-state index contributed by atoms with van der Waals surface area (Å²) in [6, 6.07) is 7.84. The van der Waals surface area contributed by atoms with E-state index in [9.17, 15) is 13.2 Å². The summed E-state index contributed by atoms with van der Waals surface area (Å²) in [6.07, 6.45) is 1.56. The number of amides is 1. The number of rotatable bonds is 5. The minimum atomic E-state index is -3.78. The molecule has 3 rings (SSSR count). The topological polar surface area (TPSA) is 96.7 Å². The van der Waals surface area contributed by atoms with Crippen LogP contribution >= 0.6 is 0 Å². The van der Waals surface area contributed by atoms with Gasteiger partial charge in [-0.05, 0) is 63.4 Å². The van der Waals surface area contributed by atoms with E-state index in [0.29, 0.717) is 23.6 Å². The molecule has 8 nitrogen and oxygen atoms in total. The van der Waals surface area contributed by atoms with Crippen molar-refractivity contribution in [3.05, 3.63) is 41.7 Å². The van der Waals surface area contributed by atoms with Crippen LogP contribution in [0.25, 0.3) is 0 Å². The van der Waals surface area contributed by atoms with Crippen LogP contribution in [0.15, 0.2) is 39.6 Å². The van der Waals surface area contributed by atoms with Gasteiger partial charge in [-0.25, -0.2) is 0 Å². The third kappa shape index (κ3) is 5.15. The monoisotopic (exact) mass is 445 g/mol. The smallest absolute Gasteiger partial charge is 0.283 e. The van der Waals surface area contributed by atoms with Crippen LogP contribution in [0.5, 0.6) is 0 Å². The molecule has 1 aromatic carbocycles. The van der Waals surface area contributed by atoms with Crippen molar-refractivity contribution >= 4 is 27.5 Å². The number of likely N-dealkylation sites (tertiary alicyclic amines) is 1. The standard InChI is InChI=1S/C22H31N5O3S/c1-15(2)19-14-18(24-27(19)22(3,4)5)21(28)23-16-9-11-17(12-10-16)31(29,30)25-20-8-7-13-26(20)6/h9-12,14-15H,7-8,13H2,1-6H3,(H,23,28)/b25-20+. The maximum absolute atomic E-state index is 12.7. The Balaban J connectivity index is 1.78. The van der Waals surface area contributed by atoms with Crippen LogP contribution in [-0.2, 0) is 15.6 Å². The fourth-order valence-corrected chi connectivity index (χ4v) is 4.55. The average molecular weight is 446 g/mol. The quantitative estimate of drug-likeness (QED) is 0.754. The van der Waals surface area contributed by atoms with Crippen molar-refractivity contribution in [1.29, 1.82) is 0 Å². The SMILES string of the molecule is CC(C)c1cc(C(=O)Nc2ccc(S(=O)(=O)/N=C3\CCCN3C)cc2)nn1C(C)(C)C. The minimum absolute atomic E-state index is 0.0948. The highest BCUT2D eigenvalue weighted by Gasteiger charge is 2.24. The average Bonchev–Trinajstić information content (AvgIpc) is 3.29. The number of hydrogen-bond acceptors (Lipinski definition) is 4. The highest BCUT2D eigenvalue weighted by Crippen LogP contribution is 2.24. The van der Waals surface area contributed by atoms with Gasteiger partial charge in [-0.3, -0.25) is 9.48 Å². The van der Waals surface area contributed by atoms with Crippen LogP contribution in [0.1, 0.15) is 69.6 Å². The fraction of sp³-hybridized carbons (Fsp3) is 0.500. The van der Waals surface area contributed by atoms with E-state index in [1.165, 1.54) is 12.1 Å². The number of anilines is 1. The normalized spacial score (nSPS) is 16.4. The molecule has 1 fully saturated rings. The van der Waals surface area contributed by atoms with E-state index < -0.39 is 10.0 Å². The molecule has 1 N–H and O–H groups in total. The van der Waals surface area contributed by atoms with Gasteiger partial charge in [-0.15, -0.1) is 4.40 Å². The van der Waals surface area contributed by atoms with E-state index in [1.807, 2.05) is 37.4 Å². The van der Waals surface area contributed by atoms with Crippen molar-refractivity contribution in [1.82, 2.24) is 14.7 Å². The molecular formula is C22H31N5O3S. The van der Waals surface area contributed by atoms with Crippen molar-refractivity contribution in [2.45, 2.75) is 63.8 Å². The molecule has 0 spiro atoms. The first-order chi connectivity index (χ1) is 14.4. The molecule has 0 bridgehead atoms. The van der Waals surface area contributed by atoms with Gasteiger partial charge in [0, 0.05) is 31.4 Å². The molecule has 9 heteroatoms. The first-order valence-corrected chi connectivity index (χ1v) is 11.9. The Hall–Kier alpha value is -2.68. The molecular weight excluding hydrogens is 414 g/mol. The molecule has 1 saturated heterocycles. The lowest BCUT2D eigenvalue weighted by molar-refractivity contribution is 0.102. The van der Waals surface area contributed by atoms with E-state index in [1.54, 1.807) is 18.2 Å². The van der Waals surface area contributed by atoms with Crippen molar-refractivity contribution in [2.75, 3.05) is 18.9 Å². The highest BCUT2D eigenvalue weighted by molar-refractivity contribution is 7.90. The predicted molar refractivity (Wildman–Crippen MR) is 122 cm³/mol. The summed E-state index contributed by atoms with van der Waals surface area (Å²) in [5, 5.41) is 7.30. The van der Waals surface area contributed by atoms with Gasteiger partial charge in [-0.1, -0.05) is 13.8 Å². The lowest BCUT2D eigenvalue weighted by Crippen LogP contribution is -2.26. The summed E-state index contributed by atoms with van der Waals surface area (Å²) >= 11 is 0. The van der Waals surface area contributed by atoms with Gasteiger partial charge >= 0.3 is 0 Å². The van der Waals surface area contributed by atoms with Crippen LogP contribution in [0.2, 0.25) is 0 Å². The van der Waals surface area contributed by atoms with Gasteiger partial charge in [0.15, 0.2) is 5.69 Å². The van der Waals surface area contributed by atoms with Gasteiger partial charge in [-0.2, -0.15) is 13.5 Å². The first kappa shape index (κ1) is 23.0. The fourth-order valence-electron chi connectivity index (χ4n) is 3.46. The Morgan fingerprint density at radius 3 is 2.32 bits per heavy atom. The van der Waals surface area contributed by atoms with Crippen LogP contribution < -0.4 is 5.32 Å². The number of carbonyl (C=O) groups is 1. The zero-order chi connectivity index (χ0) is 23.0. The van der Waals surface area contributed by atoms with Crippen molar-refractivity contribution in [3.63, 3.8) is 0 Å². The molecule has 0 atom stereocenters. The van der Waals surface area contributed by atoms with E-state index in [0.717, 1.165) is 18.7 Å².